The van der Waals surface area contributed by atoms with Crippen LogP contribution in [-0.4, -0.2) is 16.4 Å². The van der Waals surface area contributed by atoms with Crippen molar-refractivity contribution in [2.45, 2.75) is 32.7 Å². The van der Waals surface area contributed by atoms with Crippen molar-refractivity contribution < 1.29 is 4.79 Å². The number of amides is 1. The summed E-state index contributed by atoms with van der Waals surface area (Å²) in [6, 6.07) is 10.4. The van der Waals surface area contributed by atoms with Crippen molar-refractivity contribution in [3.63, 3.8) is 0 Å². The lowest BCUT2D eigenvalue weighted by Crippen LogP contribution is -2.39. The lowest BCUT2D eigenvalue weighted by Gasteiger charge is -2.19. The number of rotatable bonds is 6. The molecule has 0 radical (unpaired) electrons. The topological polar surface area (TPSA) is 29.1 Å². The van der Waals surface area contributed by atoms with Crippen molar-refractivity contribution in [3.8, 4) is 0 Å². The van der Waals surface area contributed by atoms with Gasteiger partial charge in [0.1, 0.15) is 0 Å². The fourth-order valence-corrected chi connectivity index (χ4v) is 2.80. The molecule has 3 heteroatoms. The van der Waals surface area contributed by atoms with Crippen LogP contribution in [0.3, 0.4) is 0 Å². The van der Waals surface area contributed by atoms with Gasteiger partial charge >= 0.3 is 0 Å². The lowest BCUT2D eigenvalue weighted by molar-refractivity contribution is -0.121. The van der Waals surface area contributed by atoms with E-state index in [1.165, 1.54) is 5.56 Å². The molecule has 1 unspecified atom stereocenters. The molecule has 17 heavy (non-hydrogen) atoms. The minimum absolute atomic E-state index is 0.157. The molecular weight excluding hydrogens is 325 g/mol. The molecule has 1 aromatic rings. The molecule has 1 N–H and O–H groups in total. The van der Waals surface area contributed by atoms with Gasteiger partial charge in [-0.05, 0) is 17.9 Å². The van der Waals surface area contributed by atoms with E-state index in [2.05, 4.69) is 53.9 Å². The maximum atomic E-state index is 11.8. The highest BCUT2D eigenvalue weighted by atomic mass is 127. The van der Waals surface area contributed by atoms with E-state index < -0.39 is 0 Å². The van der Waals surface area contributed by atoms with E-state index in [4.69, 9.17) is 0 Å². The first-order chi connectivity index (χ1) is 8.13. The number of alkyl halides is 1. The van der Waals surface area contributed by atoms with Crippen molar-refractivity contribution >= 4 is 28.5 Å². The van der Waals surface area contributed by atoms with Crippen LogP contribution in [-0.2, 0) is 11.2 Å². The average molecular weight is 345 g/mol. The summed E-state index contributed by atoms with van der Waals surface area (Å²) in [6.07, 6.45) is 1.39. The first kappa shape index (κ1) is 14.5. The van der Waals surface area contributed by atoms with Crippen LogP contribution in [0.25, 0.3) is 0 Å². The van der Waals surface area contributed by atoms with Gasteiger partial charge < -0.3 is 5.32 Å². The van der Waals surface area contributed by atoms with Gasteiger partial charge in [-0.15, -0.1) is 0 Å². The second-order valence-corrected chi connectivity index (χ2v) is 5.44. The number of hydrogen-bond acceptors (Lipinski definition) is 1. The zero-order valence-corrected chi connectivity index (χ0v) is 12.6. The maximum absolute atomic E-state index is 11.8. The standard InChI is InChI=1S/C14H20INO/c1-11(2)13(10-15)16-14(17)9-8-12-6-4-3-5-7-12/h3-7,11,13H,8-10H2,1-2H3,(H,16,17). The molecule has 0 saturated carbocycles. The number of halogens is 1. The Bertz CT molecular complexity index is 337. The third kappa shape index (κ3) is 5.52. The Morgan fingerprint density at radius 1 is 1.29 bits per heavy atom. The van der Waals surface area contributed by atoms with Crippen LogP contribution in [0.5, 0.6) is 0 Å². The summed E-state index contributed by atoms with van der Waals surface area (Å²) in [5.41, 5.74) is 1.22. The van der Waals surface area contributed by atoms with E-state index >= 15 is 0 Å². The summed E-state index contributed by atoms with van der Waals surface area (Å²) >= 11 is 2.32. The predicted octanol–water partition coefficient (Wildman–Crippen LogP) is 3.20. The van der Waals surface area contributed by atoms with E-state index in [9.17, 15) is 4.79 Å². The van der Waals surface area contributed by atoms with Crippen molar-refractivity contribution in [2.24, 2.45) is 5.92 Å². The predicted molar refractivity (Wildman–Crippen MR) is 80.4 cm³/mol. The molecular formula is C14H20INO. The van der Waals surface area contributed by atoms with Gasteiger partial charge in [-0.1, -0.05) is 66.8 Å². The highest BCUT2D eigenvalue weighted by Gasteiger charge is 2.14. The van der Waals surface area contributed by atoms with Crippen LogP contribution >= 0.6 is 22.6 Å². The number of nitrogens with one attached hydrogen (secondary N) is 1. The molecule has 0 aliphatic heterocycles. The molecule has 0 saturated heterocycles. The number of hydrogen-bond donors (Lipinski definition) is 1. The zero-order valence-electron chi connectivity index (χ0n) is 10.4. The van der Waals surface area contributed by atoms with E-state index in [0.29, 0.717) is 18.4 Å². The molecule has 1 rings (SSSR count). The number of benzene rings is 1. The molecule has 2 nitrogen and oxygen atoms in total. The molecule has 1 amide bonds. The minimum atomic E-state index is 0.157. The fourth-order valence-electron chi connectivity index (χ4n) is 1.56. The summed E-state index contributed by atoms with van der Waals surface area (Å²) in [5.74, 6) is 0.650. The molecule has 0 heterocycles. The summed E-state index contributed by atoms with van der Waals surface area (Å²) in [5, 5.41) is 3.09. The van der Waals surface area contributed by atoms with Gasteiger partial charge in [0.15, 0.2) is 0 Å². The van der Waals surface area contributed by atoms with Crippen LogP contribution < -0.4 is 5.32 Å². The maximum Gasteiger partial charge on any atom is 0.220 e. The van der Waals surface area contributed by atoms with Crippen LogP contribution in [0.4, 0.5) is 0 Å². The smallest absolute Gasteiger partial charge is 0.220 e. The first-order valence-electron chi connectivity index (χ1n) is 6.02. The highest BCUT2D eigenvalue weighted by molar-refractivity contribution is 14.1. The van der Waals surface area contributed by atoms with Crippen LogP contribution in [0.1, 0.15) is 25.8 Å². The number of carbonyl (C=O) groups is 1. The highest BCUT2D eigenvalue weighted by Crippen LogP contribution is 2.07. The third-order valence-electron chi connectivity index (χ3n) is 2.80. The van der Waals surface area contributed by atoms with E-state index in [0.717, 1.165) is 10.8 Å². The fraction of sp³-hybridized carbons (Fsp3) is 0.500. The number of aryl methyl sites for hydroxylation is 1. The van der Waals surface area contributed by atoms with Crippen molar-refractivity contribution in [2.75, 3.05) is 4.43 Å². The Labute approximate surface area is 117 Å². The van der Waals surface area contributed by atoms with Gasteiger partial charge in [0.2, 0.25) is 5.91 Å². The lowest BCUT2D eigenvalue weighted by atomic mass is 10.1. The second-order valence-electron chi connectivity index (χ2n) is 4.56. The largest absolute Gasteiger partial charge is 0.352 e. The van der Waals surface area contributed by atoms with E-state index in [1.807, 2.05) is 18.2 Å². The Balaban J connectivity index is 2.35. The molecule has 0 aromatic heterocycles. The second kappa shape index (κ2) is 7.69. The monoisotopic (exact) mass is 345 g/mol. The Morgan fingerprint density at radius 3 is 2.47 bits per heavy atom. The molecule has 0 fully saturated rings. The molecule has 94 valence electrons. The zero-order chi connectivity index (χ0) is 12.7. The SMILES string of the molecule is CC(C)C(CI)NC(=O)CCc1ccccc1. The summed E-state index contributed by atoms with van der Waals surface area (Å²) in [6.45, 7) is 4.28. The van der Waals surface area contributed by atoms with Gasteiger partial charge in [0, 0.05) is 16.9 Å². The van der Waals surface area contributed by atoms with Gasteiger partial charge in [-0.25, -0.2) is 0 Å². The Hall–Kier alpha value is -0.580. The minimum Gasteiger partial charge on any atom is -0.352 e. The van der Waals surface area contributed by atoms with Crippen LogP contribution in [0.15, 0.2) is 30.3 Å². The normalized spacial score (nSPS) is 12.5. The molecule has 0 aliphatic rings. The van der Waals surface area contributed by atoms with Crippen molar-refractivity contribution in [1.82, 2.24) is 5.32 Å². The molecule has 1 atom stereocenters. The molecule has 0 bridgehead atoms. The van der Waals surface area contributed by atoms with E-state index in [-0.39, 0.29) is 5.91 Å². The Kier molecular flexibility index (Phi) is 6.55. The van der Waals surface area contributed by atoms with Crippen LogP contribution in [0.2, 0.25) is 0 Å². The van der Waals surface area contributed by atoms with Gasteiger partial charge in [0.05, 0.1) is 0 Å². The summed E-state index contributed by atoms with van der Waals surface area (Å²) < 4.78 is 0.965. The summed E-state index contributed by atoms with van der Waals surface area (Å²) in [7, 11) is 0. The molecule has 0 aliphatic carbocycles. The first-order valence-corrected chi connectivity index (χ1v) is 7.55. The molecule has 1 aromatic carbocycles. The quantitative estimate of drug-likeness (QED) is 0.623. The molecule has 0 spiro atoms. The van der Waals surface area contributed by atoms with Gasteiger partial charge in [0.25, 0.3) is 0 Å². The van der Waals surface area contributed by atoms with Crippen LogP contribution in [0, 0.1) is 5.92 Å². The van der Waals surface area contributed by atoms with Crippen molar-refractivity contribution in [3.05, 3.63) is 35.9 Å². The summed E-state index contributed by atoms with van der Waals surface area (Å²) in [4.78, 5) is 11.8. The van der Waals surface area contributed by atoms with E-state index in [1.54, 1.807) is 0 Å². The van der Waals surface area contributed by atoms with Crippen molar-refractivity contribution in [1.29, 1.82) is 0 Å². The van der Waals surface area contributed by atoms with Gasteiger partial charge in [-0.2, -0.15) is 0 Å². The van der Waals surface area contributed by atoms with Gasteiger partial charge in [-0.3, -0.25) is 4.79 Å². The third-order valence-corrected chi connectivity index (χ3v) is 3.75. The average Bonchev–Trinajstić information content (AvgIpc) is 2.34. The number of carbonyl (C=O) groups excluding carboxylic acids is 1. The Morgan fingerprint density at radius 2 is 1.94 bits per heavy atom.